The zero-order chi connectivity index (χ0) is 19.8. The molecule has 2 bridgehead atoms. The summed E-state index contributed by atoms with van der Waals surface area (Å²) in [6.07, 6.45) is 1.35. The van der Waals surface area contributed by atoms with Gasteiger partial charge in [0.15, 0.2) is 0 Å². The van der Waals surface area contributed by atoms with E-state index in [0.29, 0.717) is 6.42 Å². The third-order valence-corrected chi connectivity index (χ3v) is 6.15. The van der Waals surface area contributed by atoms with E-state index in [2.05, 4.69) is 41.7 Å². The largest absolute Gasteiger partial charge is 0.467 e. The summed E-state index contributed by atoms with van der Waals surface area (Å²) >= 11 is 0. The molecule has 0 aliphatic heterocycles. The fourth-order valence-corrected chi connectivity index (χ4v) is 5.00. The van der Waals surface area contributed by atoms with Gasteiger partial charge in [-0.1, -0.05) is 62.4 Å². The first kappa shape index (κ1) is 18.7. The molecule has 5 rings (SSSR count). The van der Waals surface area contributed by atoms with Crippen molar-refractivity contribution < 1.29 is 14.3 Å². The van der Waals surface area contributed by atoms with Crippen molar-refractivity contribution in [3.05, 3.63) is 70.8 Å². The molecule has 2 aromatic carbocycles. The van der Waals surface area contributed by atoms with E-state index in [4.69, 9.17) is 4.74 Å². The molecule has 146 valence electrons. The van der Waals surface area contributed by atoms with E-state index < -0.39 is 6.04 Å². The van der Waals surface area contributed by atoms with Crippen LogP contribution in [-0.2, 0) is 14.3 Å². The predicted octanol–water partition coefficient (Wildman–Crippen LogP) is 3.99. The van der Waals surface area contributed by atoms with Crippen molar-refractivity contribution in [1.29, 1.82) is 0 Å². The number of amides is 1. The van der Waals surface area contributed by atoms with Crippen molar-refractivity contribution in [3.8, 4) is 0 Å². The number of fused-ring (bicyclic) bond motifs is 1. The van der Waals surface area contributed by atoms with Gasteiger partial charge in [-0.25, -0.2) is 4.79 Å². The Labute approximate surface area is 166 Å². The number of rotatable bonds is 5. The molecule has 0 aromatic heterocycles. The summed E-state index contributed by atoms with van der Waals surface area (Å²) in [5, 5.41) is 3.00. The maximum Gasteiger partial charge on any atom is 0.328 e. The summed E-state index contributed by atoms with van der Waals surface area (Å²) in [5.74, 6) is -0.0359. The number of carbonyl (C=O) groups is 2. The van der Waals surface area contributed by atoms with Gasteiger partial charge in [-0.15, -0.1) is 0 Å². The Morgan fingerprint density at radius 1 is 1.00 bits per heavy atom. The SMILES string of the molecule is COC(=O)C(CC(C)C)NC(=O)C1CC2c3ccccc3C1c1ccccc12. The first-order valence-electron chi connectivity index (χ1n) is 10.1. The lowest BCUT2D eigenvalue weighted by Crippen LogP contribution is -2.48. The molecule has 0 saturated heterocycles. The van der Waals surface area contributed by atoms with Crippen LogP contribution >= 0.6 is 0 Å². The highest BCUT2D eigenvalue weighted by atomic mass is 16.5. The van der Waals surface area contributed by atoms with Crippen LogP contribution in [0.2, 0.25) is 0 Å². The molecule has 4 heteroatoms. The van der Waals surface area contributed by atoms with Crippen molar-refractivity contribution in [2.24, 2.45) is 11.8 Å². The molecule has 3 aliphatic rings. The normalized spacial score (nSPS) is 22.9. The predicted molar refractivity (Wildman–Crippen MR) is 108 cm³/mol. The number of hydrogen-bond donors (Lipinski definition) is 1. The maximum atomic E-state index is 13.3. The molecule has 1 N–H and O–H groups in total. The third-order valence-electron chi connectivity index (χ3n) is 6.15. The average Bonchev–Trinajstić information content (AvgIpc) is 2.72. The van der Waals surface area contributed by atoms with Crippen LogP contribution in [0, 0.1) is 11.8 Å². The van der Waals surface area contributed by atoms with Gasteiger partial charge in [0.05, 0.1) is 7.11 Å². The molecule has 2 unspecified atom stereocenters. The van der Waals surface area contributed by atoms with Crippen LogP contribution in [-0.4, -0.2) is 25.0 Å². The van der Waals surface area contributed by atoms with Crippen LogP contribution in [0.1, 0.15) is 60.8 Å². The number of carbonyl (C=O) groups excluding carboxylic acids is 2. The second kappa shape index (κ2) is 7.42. The lowest BCUT2D eigenvalue weighted by atomic mass is 9.59. The lowest BCUT2D eigenvalue weighted by molar-refractivity contribution is -0.146. The van der Waals surface area contributed by atoms with E-state index in [-0.39, 0.29) is 35.5 Å². The highest BCUT2D eigenvalue weighted by Gasteiger charge is 2.46. The minimum Gasteiger partial charge on any atom is -0.467 e. The molecular formula is C24H27NO3. The Balaban J connectivity index is 1.66. The smallest absolute Gasteiger partial charge is 0.328 e. The quantitative estimate of drug-likeness (QED) is 0.802. The highest BCUT2D eigenvalue weighted by Crippen LogP contribution is 2.55. The molecule has 0 radical (unpaired) electrons. The molecule has 2 atom stereocenters. The van der Waals surface area contributed by atoms with Crippen LogP contribution in [0.15, 0.2) is 48.5 Å². The zero-order valence-electron chi connectivity index (χ0n) is 16.6. The van der Waals surface area contributed by atoms with E-state index in [1.807, 2.05) is 26.0 Å². The van der Waals surface area contributed by atoms with Crippen molar-refractivity contribution >= 4 is 11.9 Å². The second-order valence-electron chi connectivity index (χ2n) is 8.34. The van der Waals surface area contributed by atoms with Crippen molar-refractivity contribution in [2.75, 3.05) is 7.11 Å². The van der Waals surface area contributed by atoms with Gasteiger partial charge in [0, 0.05) is 17.8 Å². The van der Waals surface area contributed by atoms with Gasteiger partial charge in [-0.05, 0) is 41.0 Å². The Morgan fingerprint density at radius 2 is 1.54 bits per heavy atom. The number of esters is 1. The van der Waals surface area contributed by atoms with Gasteiger partial charge in [0.2, 0.25) is 5.91 Å². The van der Waals surface area contributed by atoms with E-state index in [9.17, 15) is 9.59 Å². The van der Waals surface area contributed by atoms with Gasteiger partial charge < -0.3 is 10.1 Å². The molecule has 4 nitrogen and oxygen atoms in total. The van der Waals surface area contributed by atoms with Crippen LogP contribution in [0.5, 0.6) is 0 Å². The van der Waals surface area contributed by atoms with Gasteiger partial charge in [-0.3, -0.25) is 4.79 Å². The Kier molecular flexibility index (Phi) is 4.96. The molecule has 28 heavy (non-hydrogen) atoms. The van der Waals surface area contributed by atoms with Crippen molar-refractivity contribution in [2.45, 2.75) is 44.6 Å². The molecule has 0 fully saturated rings. The number of hydrogen-bond acceptors (Lipinski definition) is 3. The fourth-order valence-electron chi connectivity index (χ4n) is 5.00. The number of methoxy groups -OCH3 is 1. The Hall–Kier alpha value is -2.62. The number of benzene rings is 2. The molecule has 2 aromatic rings. The zero-order valence-corrected chi connectivity index (χ0v) is 16.6. The summed E-state index contributed by atoms with van der Waals surface area (Å²) < 4.78 is 4.92. The molecule has 1 amide bonds. The van der Waals surface area contributed by atoms with Gasteiger partial charge >= 0.3 is 5.97 Å². The standard InChI is InChI=1S/C24H27NO3/c1-14(2)12-21(24(27)28-3)25-23(26)20-13-19-15-8-4-6-10-17(15)22(20)18-11-7-5-9-16(18)19/h4-11,14,19-22H,12-13H2,1-3H3,(H,25,26). The summed E-state index contributed by atoms with van der Waals surface area (Å²) in [4.78, 5) is 25.5. The minimum absolute atomic E-state index is 0.0368. The van der Waals surface area contributed by atoms with Gasteiger partial charge in [-0.2, -0.15) is 0 Å². The number of ether oxygens (including phenoxy) is 1. The van der Waals surface area contributed by atoms with Crippen LogP contribution in [0.4, 0.5) is 0 Å². The average molecular weight is 377 g/mol. The first-order valence-corrected chi connectivity index (χ1v) is 10.1. The van der Waals surface area contributed by atoms with Crippen molar-refractivity contribution in [1.82, 2.24) is 5.32 Å². The maximum absolute atomic E-state index is 13.3. The van der Waals surface area contributed by atoms with E-state index in [0.717, 1.165) is 6.42 Å². The molecule has 0 saturated carbocycles. The molecule has 3 aliphatic carbocycles. The number of nitrogens with one attached hydrogen (secondary N) is 1. The third kappa shape index (κ3) is 3.11. The monoisotopic (exact) mass is 377 g/mol. The summed E-state index contributed by atoms with van der Waals surface area (Å²) in [7, 11) is 1.37. The first-order chi connectivity index (χ1) is 13.5. The second-order valence-corrected chi connectivity index (χ2v) is 8.34. The van der Waals surface area contributed by atoms with Crippen molar-refractivity contribution in [3.63, 3.8) is 0 Å². The molecule has 0 heterocycles. The van der Waals surface area contributed by atoms with Crippen LogP contribution in [0.3, 0.4) is 0 Å². The van der Waals surface area contributed by atoms with Crippen LogP contribution < -0.4 is 5.32 Å². The van der Waals surface area contributed by atoms with E-state index >= 15 is 0 Å². The lowest BCUT2D eigenvalue weighted by Gasteiger charge is -2.45. The van der Waals surface area contributed by atoms with Gasteiger partial charge in [0.1, 0.15) is 6.04 Å². The molecular weight excluding hydrogens is 350 g/mol. The molecule has 0 spiro atoms. The van der Waals surface area contributed by atoms with Gasteiger partial charge in [0.25, 0.3) is 0 Å². The van der Waals surface area contributed by atoms with E-state index in [1.165, 1.54) is 29.4 Å². The Morgan fingerprint density at radius 3 is 2.04 bits per heavy atom. The minimum atomic E-state index is -0.594. The summed E-state index contributed by atoms with van der Waals surface area (Å²) in [5.41, 5.74) is 5.16. The topological polar surface area (TPSA) is 55.4 Å². The van der Waals surface area contributed by atoms with Crippen LogP contribution in [0.25, 0.3) is 0 Å². The summed E-state index contributed by atoms with van der Waals surface area (Å²) in [6, 6.07) is 16.3. The summed E-state index contributed by atoms with van der Waals surface area (Å²) in [6.45, 7) is 4.08. The van der Waals surface area contributed by atoms with E-state index in [1.54, 1.807) is 0 Å². The highest BCUT2D eigenvalue weighted by molar-refractivity contribution is 5.87. The fraction of sp³-hybridized carbons (Fsp3) is 0.417. The Bertz CT molecular complexity index is 857.